The van der Waals surface area contributed by atoms with E-state index in [1.807, 2.05) is 18.0 Å². The van der Waals surface area contributed by atoms with Crippen LogP contribution in [-0.2, 0) is 6.54 Å². The van der Waals surface area contributed by atoms with Gasteiger partial charge < -0.3 is 15.2 Å². The number of nitrogens with zero attached hydrogens (tertiary/aromatic N) is 2. The smallest absolute Gasteiger partial charge is 0.273 e. The quantitative estimate of drug-likeness (QED) is 0.294. The molecule has 0 aromatic heterocycles. The summed E-state index contributed by atoms with van der Waals surface area (Å²) in [6.07, 6.45) is 1.50. The van der Waals surface area contributed by atoms with Gasteiger partial charge in [-0.1, -0.05) is 23.7 Å². The molecule has 0 radical (unpaired) electrons. The number of hydrazone groups is 1. The molecule has 3 N–H and O–H groups in total. The lowest BCUT2D eigenvalue weighted by atomic mass is 10.1. The number of hydrogen-bond donors (Lipinski definition) is 3. The van der Waals surface area contributed by atoms with Crippen LogP contribution in [-0.4, -0.2) is 55.3 Å². The summed E-state index contributed by atoms with van der Waals surface area (Å²) in [6, 6.07) is 19.0. The third-order valence-electron chi connectivity index (χ3n) is 5.09. The lowest BCUT2D eigenvalue weighted by Gasteiger charge is -2.16. The Bertz CT molecular complexity index is 1200. The maximum absolute atomic E-state index is 12.9. The van der Waals surface area contributed by atoms with Crippen LogP contribution in [0.1, 0.15) is 31.8 Å². The fourth-order valence-electron chi connectivity index (χ4n) is 3.30. The van der Waals surface area contributed by atoms with E-state index < -0.39 is 5.91 Å². The van der Waals surface area contributed by atoms with Crippen LogP contribution in [0.4, 0.5) is 5.69 Å². The molecule has 0 aliphatic heterocycles. The molecular formula is C26H27ClN4O4. The SMILES string of the molecule is COc1ccc(C=NNC(=O)c2cc(Cl)ccc2NC(=O)c2cccc(CN(C)CCO)c2)cc1. The number of methoxy groups -OCH3 is 1. The number of hydrogen-bond acceptors (Lipinski definition) is 6. The standard InChI is InChI=1S/C26H27ClN4O4/c1-31(12-13-32)17-19-4-3-5-20(14-19)25(33)29-24-11-8-21(27)15-23(24)26(34)30-28-16-18-6-9-22(35-2)10-7-18/h3-11,14-16,32H,12-13,17H2,1-2H3,(H,29,33)(H,30,34). The van der Waals surface area contributed by atoms with Crippen LogP contribution in [0.3, 0.4) is 0 Å². The van der Waals surface area contributed by atoms with Crippen molar-refractivity contribution in [2.45, 2.75) is 6.54 Å². The highest BCUT2D eigenvalue weighted by atomic mass is 35.5. The fraction of sp³-hybridized carbons (Fsp3) is 0.192. The lowest BCUT2D eigenvalue weighted by molar-refractivity contribution is 0.0956. The molecule has 2 amide bonds. The third kappa shape index (κ3) is 7.65. The van der Waals surface area contributed by atoms with Gasteiger partial charge in [0.05, 0.1) is 31.2 Å². The Morgan fingerprint density at radius 3 is 2.57 bits per heavy atom. The monoisotopic (exact) mass is 494 g/mol. The van der Waals surface area contributed by atoms with Crippen molar-refractivity contribution in [2.24, 2.45) is 5.10 Å². The van der Waals surface area contributed by atoms with Crippen molar-refractivity contribution in [3.05, 3.63) is 94.0 Å². The Morgan fingerprint density at radius 2 is 1.86 bits per heavy atom. The van der Waals surface area contributed by atoms with E-state index in [-0.39, 0.29) is 18.1 Å². The van der Waals surface area contributed by atoms with Crippen molar-refractivity contribution in [3.63, 3.8) is 0 Å². The summed E-state index contributed by atoms with van der Waals surface area (Å²) < 4.78 is 5.12. The van der Waals surface area contributed by atoms with Crippen LogP contribution in [0.2, 0.25) is 5.02 Å². The highest BCUT2D eigenvalue weighted by molar-refractivity contribution is 6.31. The molecule has 0 fully saturated rings. The summed E-state index contributed by atoms with van der Waals surface area (Å²) in [7, 11) is 3.47. The van der Waals surface area contributed by atoms with Gasteiger partial charge in [-0.3, -0.25) is 14.5 Å². The minimum Gasteiger partial charge on any atom is -0.497 e. The zero-order valence-electron chi connectivity index (χ0n) is 19.5. The number of ether oxygens (including phenoxy) is 1. The van der Waals surface area contributed by atoms with Crippen molar-refractivity contribution in [2.75, 3.05) is 32.6 Å². The highest BCUT2D eigenvalue weighted by Gasteiger charge is 2.15. The van der Waals surface area contributed by atoms with Gasteiger partial charge >= 0.3 is 0 Å². The Hall–Kier alpha value is -3.72. The number of rotatable bonds is 10. The lowest BCUT2D eigenvalue weighted by Crippen LogP contribution is -2.22. The van der Waals surface area contributed by atoms with Gasteiger partial charge in [-0.15, -0.1) is 0 Å². The summed E-state index contributed by atoms with van der Waals surface area (Å²) in [6.45, 7) is 1.17. The number of halogens is 1. The van der Waals surface area contributed by atoms with E-state index in [0.717, 1.165) is 11.1 Å². The number of carbonyl (C=O) groups excluding carboxylic acids is 2. The van der Waals surface area contributed by atoms with Gasteiger partial charge in [0.15, 0.2) is 0 Å². The van der Waals surface area contributed by atoms with Gasteiger partial charge in [-0.25, -0.2) is 5.43 Å². The molecule has 0 unspecified atom stereocenters. The number of carbonyl (C=O) groups is 2. The number of amides is 2. The van der Waals surface area contributed by atoms with Gasteiger partial charge in [-0.05, 0) is 72.8 Å². The van der Waals surface area contributed by atoms with Gasteiger partial charge in [-0.2, -0.15) is 5.10 Å². The zero-order chi connectivity index (χ0) is 25.2. The summed E-state index contributed by atoms with van der Waals surface area (Å²) in [5, 5.41) is 16.2. The van der Waals surface area contributed by atoms with Crippen molar-refractivity contribution < 1.29 is 19.4 Å². The van der Waals surface area contributed by atoms with Crippen molar-refractivity contribution in [3.8, 4) is 5.75 Å². The molecule has 3 rings (SSSR count). The Balaban J connectivity index is 1.71. The molecule has 0 bridgehead atoms. The predicted molar refractivity (Wildman–Crippen MR) is 137 cm³/mol. The van der Waals surface area contributed by atoms with Crippen LogP contribution in [0, 0.1) is 0 Å². The molecule has 0 saturated carbocycles. The van der Waals surface area contributed by atoms with Crippen LogP contribution in [0.15, 0.2) is 71.8 Å². The molecule has 35 heavy (non-hydrogen) atoms. The Morgan fingerprint density at radius 1 is 1.09 bits per heavy atom. The Labute approximate surface area is 209 Å². The normalized spacial score (nSPS) is 11.0. The highest BCUT2D eigenvalue weighted by Crippen LogP contribution is 2.22. The molecule has 0 heterocycles. The summed E-state index contributed by atoms with van der Waals surface area (Å²) in [5.74, 6) is -0.171. The van der Waals surface area contributed by atoms with Crippen molar-refractivity contribution >= 4 is 35.3 Å². The summed E-state index contributed by atoms with van der Waals surface area (Å²) in [4.78, 5) is 27.7. The summed E-state index contributed by atoms with van der Waals surface area (Å²) >= 11 is 6.10. The van der Waals surface area contributed by atoms with Gasteiger partial charge in [0.25, 0.3) is 11.8 Å². The molecule has 182 valence electrons. The minimum absolute atomic E-state index is 0.0578. The molecule has 0 aliphatic rings. The van der Waals surface area contributed by atoms with Gasteiger partial charge in [0.2, 0.25) is 0 Å². The van der Waals surface area contributed by atoms with E-state index in [2.05, 4.69) is 15.8 Å². The largest absolute Gasteiger partial charge is 0.497 e. The maximum Gasteiger partial charge on any atom is 0.273 e. The molecule has 0 aliphatic carbocycles. The third-order valence-corrected chi connectivity index (χ3v) is 5.33. The zero-order valence-corrected chi connectivity index (χ0v) is 20.2. The first-order valence-corrected chi connectivity index (χ1v) is 11.2. The maximum atomic E-state index is 12.9. The van der Waals surface area contributed by atoms with Gasteiger partial charge in [0.1, 0.15) is 5.75 Å². The Kier molecular flexibility index (Phi) is 9.37. The summed E-state index contributed by atoms with van der Waals surface area (Å²) in [5.41, 5.74) is 5.09. The van der Waals surface area contributed by atoms with E-state index in [1.54, 1.807) is 61.7 Å². The molecule has 0 saturated heterocycles. The van der Waals surface area contributed by atoms with Crippen molar-refractivity contribution in [1.82, 2.24) is 10.3 Å². The van der Waals surface area contributed by atoms with E-state index in [9.17, 15) is 9.59 Å². The van der Waals surface area contributed by atoms with Gasteiger partial charge in [0, 0.05) is 23.7 Å². The second kappa shape index (κ2) is 12.7. The first kappa shape index (κ1) is 25.9. The number of nitrogens with one attached hydrogen (secondary N) is 2. The average molecular weight is 495 g/mol. The number of anilines is 1. The first-order valence-electron chi connectivity index (χ1n) is 10.9. The number of aliphatic hydroxyl groups excluding tert-OH is 1. The predicted octanol–water partition coefficient (Wildman–Crippen LogP) is 3.79. The minimum atomic E-state index is -0.521. The molecule has 3 aromatic carbocycles. The van der Waals surface area contributed by atoms with E-state index in [1.165, 1.54) is 12.3 Å². The van der Waals surface area contributed by atoms with E-state index in [4.69, 9.17) is 21.4 Å². The van der Waals surface area contributed by atoms with E-state index >= 15 is 0 Å². The molecule has 3 aromatic rings. The van der Waals surface area contributed by atoms with Crippen LogP contribution in [0.5, 0.6) is 5.75 Å². The number of aliphatic hydroxyl groups is 1. The number of likely N-dealkylation sites (N-methyl/N-ethyl adjacent to an activating group) is 1. The second-order valence-corrected chi connectivity index (χ2v) is 8.21. The second-order valence-electron chi connectivity index (χ2n) is 7.78. The van der Waals surface area contributed by atoms with E-state index in [0.29, 0.717) is 35.1 Å². The van der Waals surface area contributed by atoms with Crippen LogP contribution in [0.25, 0.3) is 0 Å². The number of benzene rings is 3. The van der Waals surface area contributed by atoms with Crippen LogP contribution < -0.4 is 15.5 Å². The molecule has 9 heteroatoms. The molecule has 0 spiro atoms. The molecular weight excluding hydrogens is 468 g/mol. The average Bonchev–Trinajstić information content (AvgIpc) is 2.85. The molecule has 8 nitrogen and oxygen atoms in total. The first-order chi connectivity index (χ1) is 16.9. The topological polar surface area (TPSA) is 103 Å². The fourth-order valence-corrected chi connectivity index (χ4v) is 3.47. The van der Waals surface area contributed by atoms with Crippen molar-refractivity contribution in [1.29, 1.82) is 0 Å². The molecule has 0 atom stereocenters. The van der Waals surface area contributed by atoms with Crippen LogP contribution >= 0.6 is 11.6 Å².